The number of anilines is 1. The Morgan fingerprint density at radius 2 is 1.74 bits per heavy atom. The number of nitrogens with zero attached hydrogens (tertiary/aromatic N) is 1. The van der Waals surface area contributed by atoms with Crippen LogP contribution in [0.2, 0.25) is 0 Å². The zero-order chi connectivity index (χ0) is 19.9. The molecule has 2 rings (SSSR count). The van der Waals surface area contributed by atoms with Gasteiger partial charge >= 0.3 is 12.1 Å². The van der Waals surface area contributed by atoms with E-state index in [0.29, 0.717) is 23.4 Å². The maximum absolute atomic E-state index is 12.5. The van der Waals surface area contributed by atoms with Crippen LogP contribution in [-0.2, 0) is 22.4 Å². The summed E-state index contributed by atoms with van der Waals surface area (Å²) in [6.07, 6.45) is -3.77. The van der Waals surface area contributed by atoms with E-state index in [0.717, 1.165) is 17.7 Å². The van der Waals surface area contributed by atoms with Crippen LogP contribution in [-0.4, -0.2) is 23.3 Å². The van der Waals surface area contributed by atoms with Crippen molar-refractivity contribution in [1.82, 2.24) is 0 Å². The zero-order valence-corrected chi connectivity index (χ0v) is 14.6. The number of hydrogen-bond acceptors (Lipinski definition) is 4. The van der Waals surface area contributed by atoms with Crippen molar-refractivity contribution in [3.05, 3.63) is 65.2 Å². The van der Waals surface area contributed by atoms with Crippen molar-refractivity contribution in [2.24, 2.45) is 5.16 Å². The molecule has 0 aliphatic carbocycles. The Morgan fingerprint density at radius 3 is 2.26 bits per heavy atom. The molecule has 8 heteroatoms. The second-order valence-electron chi connectivity index (χ2n) is 5.68. The van der Waals surface area contributed by atoms with Crippen LogP contribution in [0.3, 0.4) is 0 Å². The number of aliphatic carboxylic acids is 1. The Bertz CT molecular complexity index is 785. The lowest BCUT2D eigenvalue weighted by Crippen LogP contribution is -2.12. The molecule has 0 heterocycles. The van der Waals surface area contributed by atoms with E-state index in [1.54, 1.807) is 24.3 Å². The summed E-state index contributed by atoms with van der Waals surface area (Å²) in [5.41, 5.74) is 2.02. The first-order chi connectivity index (χ1) is 12.8. The Balaban J connectivity index is 1.96. The van der Waals surface area contributed by atoms with E-state index in [2.05, 4.69) is 10.5 Å². The van der Waals surface area contributed by atoms with Gasteiger partial charge in [0.25, 0.3) is 0 Å². The molecule has 2 aromatic carbocycles. The molecule has 2 N–H and O–H groups in total. The molecule has 0 atom stereocenters. The number of nitrogens with one attached hydrogen (secondary N) is 1. The molecule has 144 valence electrons. The van der Waals surface area contributed by atoms with Gasteiger partial charge in [0, 0.05) is 5.69 Å². The van der Waals surface area contributed by atoms with Crippen LogP contribution in [0.25, 0.3) is 0 Å². The normalized spacial score (nSPS) is 11.9. The summed E-state index contributed by atoms with van der Waals surface area (Å²) in [4.78, 5) is 15.8. The number of carbonyl (C=O) groups is 1. The fraction of sp³-hybridized carbons (Fsp3) is 0.263. The minimum absolute atomic E-state index is 0.0554. The second-order valence-corrected chi connectivity index (χ2v) is 5.68. The summed E-state index contributed by atoms with van der Waals surface area (Å²) < 4.78 is 37.6. The van der Waals surface area contributed by atoms with Crippen molar-refractivity contribution in [2.75, 3.05) is 11.9 Å². The molecule has 0 unspecified atom stereocenters. The van der Waals surface area contributed by atoms with Gasteiger partial charge in [0.15, 0.2) is 0 Å². The summed E-state index contributed by atoms with van der Waals surface area (Å²) in [6, 6.07) is 11.8. The fourth-order valence-corrected chi connectivity index (χ4v) is 2.25. The van der Waals surface area contributed by atoms with Crippen molar-refractivity contribution in [1.29, 1.82) is 0 Å². The Labute approximate surface area is 154 Å². The first kappa shape index (κ1) is 20.3. The summed E-state index contributed by atoms with van der Waals surface area (Å²) in [7, 11) is 0. The van der Waals surface area contributed by atoms with Crippen molar-refractivity contribution in [2.45, 2.75) is 26.1 Å². The molecule has 0 aliphatic rings. The van der Waals surface area contributed by atoms with Crippen molar-refractivity contribution in [3.8, 4) is 0 Å². The summed E-state index contributed by atoms with van der Waals surface area (Å²) in [5.74, 6) is -0.952. The lowest BCUT2D eigenvalue weighted by molar-refractivity contribution is -0.137. The number of alkyl halides is 3. The van der Waals surface area contributed by atoms with Gasteiger partial charge in [-0.1, -0.05) is 36.3 Å². The highest BCUT2D eigenvalue weighted by molar-refractivity contribution is 6.00. The van der Waals surface area contributed by atoms with E-state index in [1.807, 2.05) is 6.92 Å². The standard InChI is InChI=1S/C19H19F3N2O3/c1-2-17(14-5-9-16(10-6-14)23-11-18(25)26)24-27-12-13-3-7-15(8-4-13)19(20,21)22/h3-10,23H,2,11-12H2,1H3,(H,25,26). The van der Waals surface area contributed by atoms with Gasteiger partial charge in [-0.15, -0.1) is 0 Å². The molecule has 0 fully saturated rings. The summed E-state index contributed by atoms with van der Waals surface area (Å²) in [5, 5.41) is 15.5. The lowest BCUT2D eigenvalue weighted by Gasteiger charge is -2.08. The van der Waals surface area contributed by atoms with Gasteiger partial charge in [0.1, 0.15) is 13.2 Å². The molecule has 5 nitrogen and oxygen atoms in total. The van der Waals surface area contributed by atoms with E-state index in [9.17, 15) is 18.0 Å². The molecule has 0 radical (unpaired) electrons. The highest BCUT2D eigenvalue weighted by Gasteiger charge is 2.29. The third-order valence-electron chi connectivity index (χ3n) is 3.68. The number of rotatable bonds is 8. The van der Waals surface area contributed by atoms with Gasteiger partial charge < -0.3 is 15.3 Å². The van der Waals surface area contributed by atoms with E-state index in [-0.39, 0.29) is 13.2 Å². The van der Waals surface area contributed by atoms with Crippen molar-refractivity contribution in [3.63, 3.8) is 0 Å². The second kappa shape index (κ2) is 9.07. The third kappa shape index (κ3) is 6.32. The quantitative estimate of drug-likeness (QED) is 0.521. The predicted octanol–water partition coefficient (Wildman–Crippen LogP) is 4.53. The summed E-state index contributed by atoms with van der Waals surface area (Å²) >= 11 is 0. The minimum atomic E-state index is -4.36. The van der Waals surface area contributed by atoms with Crippen LogP contribution >= 0.6 is 0 Å². The molecule has 2 aromatic rings. The van der Waals surface area contributed by atoms with Crippen molar-refractivity contribution >= 4 is 17.4 Å². The molecular formula is C19H19F3N2O3. The van der Waals surface area contributed by atoms with Crippen LogP contribution in [0, 0.1) is 0 Å². The molecule has 0 aromatic heterocycles. The monoisotopic (exact) mass is 380 g/mol. The minimum Gasteiger partial charge on any atom is -0.480 e. The van der Waals surface area contributed by atoms with Crippen LogP contribution in [0.15, 0.2) is 53.7 Å². The largest absolute Gasteiger partial charge is 0.480 e. The molecule has 0 amide bonds. The Kier molecular flexibility index (Phi) is 6.81. The number of benzene rings is 2. The highest BCUT2D eigenvalue weighted by atomic mass is 19.4. The third-order valence-corrected chi connectivity index (χ3v) is 3.68. The van der Waals surface area contributed by atoms with Gasteiger partial charge in [0.05, 0.1) is 11.3 Å². The van der Waals surface area contributed by atoms with Crippen molar-refractivity contribution < 1.29 is 27.9 Å². The number of carboxylic acids is 1. The predicted molar refractivity (Wildman–Crippen MR) is 95.6 cm³/mol. The van der Waals surface area contributed by atoms with Gasteiger partial charge in [-0.25, -0.2) is 0 Å². The van der Waals surface area contributed by atoms with E-state index in [4.69, 9.17) is 9.94 Å². The van der Waals surface area contributed by atoms with Crippen LogP contribution in [0.5, 0.6) is 0 Å². The molecule has 0 saturated heterocycles. The molecular weight excluding hydrogens is 361 g/mol. The maximum atomic E-state index is 12.5. The Morgan fingerprint density at radius 1 is 1.11 bits per heavy atom. The van der Waals surface area contributed by atoms with E-state index >= 15 is 0 Å². The van der Waals surface area contributed by atoms with Gasteiger partial charge in [-0.3, -0.25) is 4.79 Å². The molecule has 27 heavy (non-hydrogen) atoms. The van der Waals surface area contributed by atoms with Crippen LogP contribution < -0.4 is 5.32 Å². The molecule has 0 bridgehead atoms. The van der Waals surface area contributed by atoms with Crippen LogP contribution in [0.1, 0.15) is 30.0 Å². The number of oxime groups is 1. The Hall–Kier alpha value is -3.03. The number of carboxylic acid groups (broad SMARTS) is 1. The fourth-order valence-electron chi connectivity index (χ4n) is 2.25. The molecule has 0 saturated carbocycles. The van der Waals surface area contributed by atoms with Gasteiger partial charge in [-0.2, -0.15) is 13.2 Å². The number of hydrogen-bond donors (Lipinski definition) is 2. The van der Waals surface area contributed by atoms with Crippen LogP contribution in [0.4, 0.5) is 18.9 Å². The summed E-state index contributed by atoms with van der Waals surface area (Å²) in [6.45, 7) is 1.78. The van der Waals surface area contributed by atoms with E-state index in [1.165, 1.54) is 12.1 Å². The SMILES string of the molecule is CCC(=NOCc1ccc(C(F)(F)F)cc1)c1ccc(NCC(=O)O)cc1. The average molecular weight is 380 g/mol. The lowest BCUT2D eigenvalue weighted by atomic mass is 10.1. The smallest absolute Gasteiger partial charge is 0.416 e. The van der Waals surface area contributed by atoms with E-state index < -0.39 is 17.7 Å². The van der Waals surface area contributed by atoms with Gasteiger partial charge in [0.2, 0.25) is 0 Å². The van der Waals surface area contributed by atoms with Gasteiger partial charge in [-0.05, 0) is 41.8 Å². The zero-order valence-electron chi connectivity index (χ0n) is 14.6. The molecule has 0 aliphatic heterocycles. The average Bonchev–Trinajstić information content (AvgIpc) is 2.64. The number of halogens is 3. The highest BCUT2D eigenvalue weighted by Crippen LogP contribution is 2.29. The first-order valence-electron chi connectivity index (χ1n) is 8.20. The molecule has 0 spiro atoms. The maximum Gasteiger partial charge on any atom is 0.416 e. The first-order valence-corrected chi connectivity index (χ1v) is 8.20. The topological polar surface area (TPSA) is 70.9 Å².